The molecule has 1 rings (SSSR count). The van der Waals surface area contributed by atoms with E-state index in [1.54, 1.807) is 0 Å². The second-order valence-electron chi connectivity index (χ2n) is 5.08. The molecular formula is C14H28O2. The average Bonchev–Trinajstić information content (AvgIpc) is 2.36. The Kier molecular flexibility index (Phi) is 6.37. The first-order valence-corrected chi connectivity index (χ1v) is 7.07. The van der Waals surface area contributed by atoms with Gasteiger partial charge in [-0.05, 0) is 37.5 Å². The number of unbranched alkanes of at least 4 members (excludes halogenated alkanes) is 2. The third-order valence-corrected chi connectivity index (χ3v) is 4.25. The number of hydrogen-bond acceptors (Lipinski definition) is 2. The van der Waals surface area contributed by atoms with Crippen molar-refractivity contribution in [2.24, 2.45) is 5.41 Å². The van der Waals surface area contributed by atoms with Crippen LogP contribution in [-0.4, -0.2) is 12.7 Å². The fourth-order valence-corrected chi connectivity index (χ4v) is 2.86. The zero-order chi connectivity index (χ0) is 11.9. The maximum atomic E-state index is 5.56. The molecule has 0 aromatic heterocycles. The summed E-state index contributed by atoms with van der Waals surface area (Å²) in [5.74, 6) is 0. The van der Waals surface area contributed by atoms with Gasteiger partial charge < -0.3 is 0 Å². The monoisotopic (exact) mass is 228 g/mol. The van der Waals surface area contributed by atoms with Gasteiger partial charge in [-0.1, -0.05) is 40.0 Å². The number of hydrogen-bond donors (Lipinski definition) is 0. The molecule has 1 fully saturated rings. The summed E-state index contributed by atoms with van der Waals surface area (Å²) in [6.07, 6.45) is 10.3. The molecule has 0 N–H and O–H groups in total. The van der Waals surface area contributed by atoms with Crippen molar-refractivity contribution in [3.63, 3.8) is 0 Å². The highest BCUT2D eigenvalue weighted by molar-refractivity contribution is 4.85. The molecule has 16 heavy (non-hydrogen) atoms. The van der Waals surface area contributed by atoms with Crippen molar-refractivity contribution < 1.29 is 9.78 Å². The Morgan fingerprint density at radius 3 is 2.38 bits per heavy atom. The van der Waals surface area contributed by atoms with Crippen molar-refractivity contribution in [2.45, 2.75) is 78.2 Å². The Balaban J connectivity index is 2.54. The van der Waals surface area contributed by atoms with Gasteiger partial charge in [-0.25, -0.2) is 9.78 Å². The van der Waals surface area contributed by atoms with E-state index in [2.05, 4.69) is 20.8 Å². The highest BCUT2D eigenvalue weighted by Gasteiger charge is 2.37. The second kappa shape index (κ2) is 7.29. The van der Waals surface area contributed by atoms with E-state index in [9.17, 15) is 0 Å². The van der Waals surface area contributed by atoms with E-state index in [1.807, 2.05) is 0 Å². The Labute approximate surface area is 101 Å². The smallest absolute Gasteiger partial charge is 0.0986 e. The summed E-state index contributed by atoms with van der Waals surface area (Å²) < 4.78 is 0. The van der Waals surface area contributed by atoms with E-state index in [0.29, 0.717) is 11.5 Å². The van der Waals surface area contributed by atoms with Gasteiger partial charge in [-0.3, -0.25) is 0 Å². The van der Waals surface area contributed by atoms with E-state index in [1.165, 1.54) is 44.9 Å². The SMILES string of the molecule is CCCCCC(CC)(CC)C1CCCOO1. The van der Waals surface area contributed by atoms with E-state index >= 15 is 0 Å². The lowest BCUT2D eigenvalue weighted by molar-refractivity contribution is -0.366. The first kappa shape index (κ1) is 14.0. The molecule has 0 aromatic carbocycles. The third-order valence-electron chi connectivity index (χ3n) is 4.25. The predicted octanol–water partition coefficient (Wildman–Crippen LogP) is 4.48. The number of rotatable bonds is 7. The van der Waals surface area contributed by atoms with Crippen LogP contribution in [-0.2, 0) is 9.78 Å². The zero-order valence-electron chi connectivity index (χ0n) is 11.3. The van der Waals surface area contributed by atoms with Gasteiger partial charge in [-0.2, -0.15) is 0 Å². The fourth-order valence-electron chi connectivity index (χ4n) is 2.86. The molecule has 0 aliphatic carbocycles. The van der Waals surface area contributed by atoms with Crippen molar-refractivity contribution in [2.75, 3.05) is 6.61 Å². The maximum Gasteiger partial charge on any atom is 0.0986 e. The summed E-state index contributed by atoms with van der Waals surface area (Å²) in [6.45, 7) is 7.63. The third kappa shape index (κ3) is 3.46. The molecule has 1 atom stereocenters. The highest BCUT2D eigenvalue weighted by Crippen LogP contribution is 2.41. The first-order valence-electron chi connectivity index (χ1n) is 7.07. The Hall–Kier alpha value is -0.0800. The summed E-state index contributed by atoms with van der Waals surface area (Å²) in [6, 6.07) is 0. The van der Waals surface area contributed by atoms with Crippen LogP contribution in [0.5, 0.6) is 0 Å². The fraction of sp³-hybridized carbons (Fsp3) is 1.00. The van der Waals surface area contributed by atoms with E-state index in [0.717, 1.165) is 13.0 Å². The summed E-state index contributed by atoms with van der Waals surface area (Å²) in [5, 5.41) is 0. The molecular weight excluding hydrogens is 200 g/mol. The molecule has 0 amide bonds. The molecule has 0 bridgehead atoms. The van der Waals surface area contributed by atoms with E-state index in [-0.39, 0.29) is 0 Å². The predicted molar refractivity (Wildman–Crippen MR) is 67.2 cm³/mol. The lowest BCUT2D eigenvalue weighted by Crippen LogP contribution is -2.39. The van der Waals surface area contributed by atoms with Crippen molar-refractivity contribution >= 4 is 0 Å². The van der Waals surface area contributed by atoms with Crippen LogP contribution < -0.4 is 0 Å². The molecule has 0 radical (unpaired) electrons. The molecule has 1 heterocycles. The molecule has 0 aromatic rings. The minimum atomic E-state index is 0.327. The van der Waals surface area contributed by atoms with Gasteiger partial charge in [0.25, 0.3) is 0 Å². The lowest BCUT2D eigenvalue weighted by Gasteiger charge is -2.40. The summed E-state index contributed by atoms with van der Waals surface area (Å²) in [7, 11) is 0. The highest BCUT2D eigenvalue weighted by atomic mass is 17.2. The van der Waals surface area contributed by atoms with Crippen LogP contribution in [0.4, 0.5) is 0 Å². The average molecular weight is 228 g/mol. The van der Waals surface area contributed by atoms with Crippen LogP contribution in [0.25, 0.3) is 0 Å². The van der Waals surface area contributed by atoms with Gasteiger partial charge in [0, 0.05) is 0 Å². The molecule has 96 valence electrons. The van der Waals surface area contributed by atoms with Crippen LogP contribution in [0, 0.1) is 5.41 Å². The molecule has 1 aliphatic heterocycles. The van der Waals surface area contributed by atoms with Gasteiger partial charge in [0.05, 0.1) is 12.7 Å². The van der Waals surface area contributed by atoms with Crippen LogP contribution in [0.3, 0.4) is 0 Å². The van der Waals surface area contributed by atoms with Gasteiger partial charge >= 0.3 is 0 Å². The molecule has 0 saturated carbocycles. The maximum absolute atomic E-state index is 5.56. The first-order chi connectivity index (χ1) is 7.79. The normalized spacial score (nSPS) is 22.3. The van der Waals surface area contributed by atoms with Crippen LogP contribution in [0.2, 0.25) is 0 Å². The van der Waals surface area contributed by atoms with Crippen LogP contribution in [0.15, 0.2) is 0 Å². The largest absolute Gasteiger partial charge is 0.236 e. The molecule has 1 aliphatic rings. The molecule has 2 nitrogen and oxygen atoms in total. The Morgan fingerprint density at radius 1 is 1.12 bits per heavy atom. The van der Waals surface area contributed by atoms with Gasteiger partial charge in [0.2, 0.25) is 0 Å². The minimum absolute atomic E-state index is 0.327. The zero-order valence-corrected chi connectivity index (χ0v) is 11.3. The van der Waals surface area contributed by atoms with Crippen molar-refractivity contribution in [1.29, 1.82) is 0 Å². The standard InChI is InChI=1S/C14H28O2/c1-4-7-8-11-14(5-2,6-3)13-10-9-12-15-16-13/h13H,4-12H2,1-3H3. The van der Waals surface area contributed by atoms with Gasteiger partial charge in [-0.15, -0.1) is 0 Å². The summed E-state index contributed by atoms with van der Waals surface area (Å²) >= 11 is 0. The topological polar surface area (TPSA) is 18.5 Å². The Bertz CT molecular complexity index is 170. The molecule has 0 spiro atoms. The van der Waals surface area contributed by atoms with E-state index < -0.39 is 0 Å². The van der Waals surface area contributed by atoms with Crippen LogP contribution >= 0.6 is 0 Å². The van der Waals surface area contributed by atoms with Crippen molar-refractivity contribution in [1.82, 2.24) is 0 Å². The van der Waals surface area contributed by atoms with Crippen LogP contribution in [0.1, 0.15) is 72.1 Å². The summed E-state index contributed by atoms with van der Waals surface area (Å²) in [4.78, 5) is 10.8. The minimum Gasteiger partial charge on any atom is -0.236 e. The quantitative estimate of drug-likeness (QED) is 0.472. The van der Waals surface area contributed by atoms with Gasteiger partial charge in [0.1, 0.15) is 0 Å². The summed E-state index contributed by atoms with van der Waals surface area (Å²) in [5.41, 5.74) is 0.357. The van der Waals surface area contributed by atoms with Gasteiger partial charge in [0.15, 0.2) is 0 Å². The molecule has 2 heteroatoms. The molecule has 1 saturated heterocycles. The van der Waals surface area contributed by atoms with Crippen molar-refractivity contribution in [3.05, 3.63) is 0 Å². The Morgan fingerprint density at radius 2 is 1.88 bits per heavy atom. The van der Waals surface area contributed by atoms with Crippen molar-refractivity contribution in [3.8, 4) is 0 Å². The second-order valence-corrected chi connectivity index (χ2v) is 5.08. The lowest BCUT2D eigenvalue weighted by atomic mass is 9.71. The van der Waals surface area contributed by atoms with E-state index in [4.69, 9.17) is 9.78 Å². The molecule has 1 unspecified atom stereocenters.